The van der Waals surface area contributed by atoms with Crippen LogP contribution in [0.3, 0.4) is 0 Å². The van der Waals surface area contributed by atoms with Crippen LogP contribution in [-0.2, 0) is 22.5 Å². The van der Waals surface area contributed by atoms with Crippen LogP contribution in [0.1, 0.15) is 16.7 Å². The van der Waals surface area contributed by atoms with E-state index in [2.05, 4.69) is 20.7 Å². The van der Waals surface area contributed by atoms with Crippen molar-refractivity contribution in [2.45, 2.75) is 13.0 Å². The third kappa shape index (κ3) is 2.81. The van der Waals surface area contributed by atoms with Crippen LogP contribution in [0.15, 0.2) is 16.6 Å². The summed E-state index contributed by atoms with van der Waals surface area (Å²) >= 11 is 3.33. The van der Waals surface area contributed by atoms with Crippen LogP contribution < -0.4 is 5.73 Å². The fourth-order valence-corrected chi connectivity index (χ4v) is 2.04. The summed E-state index contributed by atoms with van der Waals surface area (Å²) in [4.78, 5) is 11.2. The van der Waals surface area contributed by atoms with Crippen molar-refractivity contribution in [3.8, 4) is 6.07 Å². The van der Waals surface area contributed by atoms with Gasteiger partial charge in [-0.2, -0.15) is 5.26 Å². The van der Waals surface area contributed by atoms with Crippen molar-refractivity contribution in [1.82, 2.24) is 0 Å². The van der Waals surface area contributed by atoms with E-state index in [1.807, 2.05) is 6.07 Å². The molecule has 0 aliphatic rings. The molecule has 1 aromatic carbocycles. The maximum absolute atomic E-state index is 11.2. The maximum Gasteiger partial charge on any atom is 0.309 e. The second-order valence-electron chi connectivity index (χ2n) is 3.16. The molecule has 0 amide bonds. The van der Waals surface area contributed by atoms with E-state index in [0.717, 1.165) is 15.6 Å². The van der Waals surface area contributed by atoms with E-state index in [9.17, 15) is 4.79 Å². The van der Waals surface area contributed by atoms with E-state index in [1.54, 1.807) is 12.1 Å². The number of halogens is 1. The first-order valence-electron chi connectivity index (χ1n) is 4.60. The van der Waals surface area contributed by atoms with Gasteiger partial charge in [0, 0.05) is 11.0 Å². The molecule has 1 aromatic rings. The van der Waals surface area contributed by atoms with Crippen molar-refractivity contribution in [3.63, 3.8) is 0 Å². The molecule has 5 heteroatoms. The van der Waals surface area contributed by atoms with Crippen molar-refractivity contribution in [1.29, 1.82) is 5.26 Å². The lowest BCUT2D eigenvalue weighted by atomic mass is 10.0. The van der Waals surface area contributed by atoms with Gasteiger partial charge in [-0.15, -0.1) is 0 Å². The zero-order chi connectivity index (χ0) is 12.1. The van der Waals surface area contributed by atoms with Gasteiger partial charge in [0.2, 0.25) is 0 Å². The van der Waals surface area contributed by atoms with Crippen LogP contribution in [0, 0.1) is 11.3 Å². The smallest absolute Gasteiger partial charge is 0.309 e. The highest BCUT2D eigenvalue weighted by Crippen LogP contribution is 2.23. The summed E-state index contributed by atoms with van der Waals surface area (Å²) in [5.41, 5.74) is 7.63. The Morgan fingerprint density at radius 1 is 1.62 bits per heavy atom. The Labute approximate surface area is 102 Å². The number of ether oxygens (including phenoxy) is 1. The fourth-order valence-electron chi connectivity index (χ4n) is 1.37. The number of nitriles is 1. The van der Waals surface area contributed by atoms with Crippen LogP contribution in [-0.4, -0.2) is 13.1 Å². The van der Waals surface area contributed by atoms with Gasteiger partial charge in [0.1, 0.15) is 0 Å². The van der Waals surface area contributed by atoms with Gasteiger partial charge in [-0.05, 0) is 23.3 Å². The van der Waals surface area contributed by atoms with Crippen LogP contribution >= 0.6 is 15.9 Å². The molecular formula is C11H11BrN2O2. The van der Waals surface area contributed by atoms with Crippen LogP contribution in [0.4, 0.5) is 0 Å². The highest BCUT2D eigenvalue weighted by molar-refractivity contribution is 9.10. The number of carbonyl (C=O) groups is 1. The summed E-state index contributed by atoms with van der Waals surface area (Å²) < 4.78 is 5.33. The van der Waals surface area contributed by atoms with Gasteiger partial charge in [0.05, 0.1) is 25.2 Å². The zero-order valence-electron chi connectivity index (χ0n) is 8.79. The van der Waals surface area contributed by atoms with E-state index in [1.165, 1.54) is 7.11 Å². The largest absolute Gasteiger partial charge is 0.469 e. The van der Waals surface area contributed by atoms with Gasteiger partial charge in [-0.25, -0.2) is 0 Å². The highest BCUT2D eigenvalue weighted by atomic mass is 79.9. The summed E-state index contributed by atoms with van der Waals surface area (Å²) in [6.45, 7) is 0.304. The molecule has 16 heavy (non-hydrogen) atoms. The Morgan fingerprint density at radius 3 is 2.81 bits per heavy atom. The Morgan fingerprint density at radius 2 is 2.31 bits per heavy atom. The minimum Gasteiger partial charge on any atom is -0.469 e. The van der Waals surface area contributed by atoms with Gasteiger partial charge >= 0.3 is 5.97 Å². The number of hydrogen-bond donors (Lipinski definition) is 1. The normalized spacial score (nSPS) is 9.62. The lowest BCUT2D eigenvalue weighted by molar-refractivity contribution is -0.139. The Bertz CT molecular complexity index is 452. The number of hydrogen-bond acceptors (Lipinski definition) is 4. The summed E-state index contributed by atoms with van der Waals surface area (Å²) in [6.07, 6.45) is 0.122. The summed E-state index contributed by atoms with van der Waals surface area (Å²) in [6, 6.07) is 5.37. The lowest BCUT2D eigenvalue weighted by Crippen LogP contribution is -2.10. The molecule has 0 saturated heterocycles. The van der Waals surface area contributed by atoms with Gasteiger partial charge < -0.3 is 10.5 Å². The van der Waals surface area contributed by atoms with Crippen LogP contribution in [0.2, 0.25) is 0 Å². The van der Waals surface area contributed by atoms with E-state index < -0.39 is 0 Å². The molecule has 0 fully saturated rings. The molecule has 0 aliphatic heterocycles. The van der Waals surface area contributed by atoms with Crippen LogP contribution in [0.25, 0.3) is 0 Å². The molecule has 1 rings (SSSR count). The van der Waals surface area contributed by atoms with E-state index in [0.29, 0.717) is 12.1 Å². The lowest BCUT2D eigenvalue weighted by Gasteiger charge is -2.09. The summed E-state index contributed by atoms with van der Waals surface area (Å²) in [5.74, 6) is -0.350. The summed E-state index contributed by atoms with van der Waals surface area (Å²) in [7, 11) is 1.33. The van der Waals surface area contributed by atoms with Gasteiger partial charge in [0.15, 0.2) is 0 Å². The van der Waals surface area contributed by atoms with Crippen molar-refractivity contribution in [2.75, 3.05) is 7.11 Å². The number of nitrogens with two attached hydrogens (primary N) is 1. The Balaban J connectivity index is 3.19. The Kier molecular flexibility index (Phi) is 4.47. The quantitative estimate of drug-likeness (QED) is 0.853. The van der Waals surface area contributed by atoms with Gasteiger partial charge in [-0.3, -0.25) is 4.79 Å². The molecular weight excluding hydrogens is 272 g/mol. The second kappa shape index (κ2) is 5.64. The standard InChI is InChI=1S/C11H11BrN2O2/c1-16-11(15)4-8-2-7(5-13)3-10(12)9(8)6-14/h2-3H,4,6,14H2,1H3. The molecule has 84 valence electrons. The van der Waals surface area contributed by atoms with Crippen molar-refractivity contribution < 1.29 is 9.53 Å². The van der Waals surface area contributed by atoms with Crippen molar-refractivity contribution in [2.24, 2.45) is 5.73 Å². The van der Waals surface area contributed by atoms with Gasteiger partial charge in [-0.1, -0.05) is 15.9 Å². The van der Waals surface area contributed by atoms with E-state index in [4.69, 9.17) is 11.0 Å². The van der Waals surface area contributed by atoms with Crippen LogP contribution in [0.5, 0.6) is 0 Å². The molecule has 0 radical (unpaired) electrons. The van der Waals surface area contributed by atoms with Gasteiger partial charge in [0.25, 0.3) is 0 Å². The average Bonchev–Trinajstić information content (AvgIpc) is 2.28. The van der Waals surface area contributed by atoms with E-state index >= 15 is 0 Å². The molecule has 0 aromatic heterocycles. The number of carbonyl (C=O) groups excluding carboxylic acids is 1. The first-order valence-corrected chi connectivity index (χ1v) is 5.40. The number of esters is 1. The SMILES string of the molecule is COC(=O)Cc1cc(C#N)cc(Br)c1CN. The monoisotopic (exact) mass is 282 g/mol. The minimum atomic E-state index is -0.350. The number of rotatable bonds is 3. The molecule has 0 bridgehead atoms. The minimum absolute atomic E-state index is 0.122. The third-order valence-corrected chi connectivity index (χ3v) is 2.89. The third-order valence-electron chi connectivity index (χ3n) is 2.18. The maximum atomic E-state index is 11.2. The Hall–Kier alpha value is -1.38. The highest BCUT2D eigenvalue weighted by Gasteiger charge is 2.11. The molecule has 4 nitrogen and oxygen atoms in total. The molecule has 0 saturated carbocycles. The number of benzene rings is 1. The molecule has 0 aliphatic carbocycles. The first kappa shape index (κ1) is 12.7. The average molecular weight is 283 g/mol. The van der Waals surface area contributed by atoms with Crippen molar-refractivity contribution >= 4 is 21.9 Å². The summed E-state index contributed by atoms with van der Waals surface area (Å²) in [5, 5.41) is 8.82. The molecule has 0 spiro atoms. The first-order chi connectivity index (χ1) is 7.62. The van der Waals surface area contributed by atoms with Crippen molar-refractivity contribution in [3.05, 3.63) is 33.3 Å². The zero-order valence-corrected chi connectivity index (χ0v) is 10.4. The number of nitrogens with zero attached hydrogens (tertiary/aromatic N) is 1. The molecule has 0 heterocycles. The number of methoxy groups -OCH3 is 1. The topological polar surface area (TPSA) is 76.1 Å². The molecule has 2 N–H and O–H groups in total. The fraction of sp³-hybridized carbons (Fsp3) is 0.273. The predicted molar refractivity (Wildman–Crippen MR) is 62.5 cm³/mol. The molecule has 0 atom stereocenters. The van der Waals surface area contributed by atoms with E-state index in [-0.39, 0.29) is 12.4 Å². The molecule has 0 unspecified atom stereocenters. The second-order valence-corrected chi connectivity index (χ2v) is 4.02. The predicted octanol–water partition coefficient (Wildman–Crippen LogP) is 1.49.